The quantitative estimate of drug-likeness (QED) is 0.214. The molecule has 202 valence electrons. The van der Waals surface area contributed by atoms with Crippen molar-refractivity contribution in [2.45, 2.75) is 0 Å². The van der Waals surface area contributed by atoms with Crippen LogP contribution >= 0.6 is 23.2 Å². The van der Waals surface area contributed by atoms with E-state index >= 15 is 0 Å². The van der Waals surface area contributed by atoms with Gasteiger partial charge in [-0.25, -0.2) is 9.38 Å². The van der Waals surface area contributed by atoms with Gasteiger partial charge in [0.1, 0.15) is 29.1 Å². The van der Waals surface area contributed by atoms with Crippen LogP contribution in [0.25, 0.3) is 0 Å². The molecule has 1 aliphatic rings. The van der Waals surface area contributed by atoms with Crippen LogP contribution in [0.4, 0.5) is 27.1 Å². The topological polar surface area (TPSA) is 93.6 Å². The molecule has 1 saturated heterocycles. The van der Waals surface area contributed by atoms with Gasteiger partial charge in [0.2, 0.25) is 5.91 Å². The van der Waals surface area contributed by atoms with Crippen LogP contribution in [0.3, 0.4) is 0 Å². The normalized spacial score (nSPS) is 14.6. The number of amidine groups is 1. The molecular weight excluding hydrogens is 532 g/mol. The number of carbonyl (C=O) groups is 1. The van der Waals surface area contributed by atoms with Gasteiger partial charge in [-0.1, -0.05) is 29.8 Å². The molecule has 3 N–H and O–H groups in total. The fourth-order valence-electron chi connectivity index (χ4n) is 3.70. The maximum absolute atomic E-state index is 13.6. The molecule has 9 nitrogen and oxygen atoms in total. The lowest BCUT2D eigenvalue weighted by atomic mass is 10.1. The van der Waals surface area contributed by atoms with E-state index in [-0.39, 0.29) is 28.5 Å². The van der Waals surface area contributed by atoms with Gasteiger partial charge >= 0.3 is 0 Å². The number of benzene rings is 2. The van der Waals surface area contributed by atoms with Crippen LogP contribution in [-0.4, -0.2) is 70.4 Å². The summed E-state index contributed by atoms with van der Waals surface area (Å²) in [5.74, 6) is -0.0477. The Kier molecular flexibility index (Phi) is 10.5. The minimum absolute atomic E-state index is 0.0475. The first-order chi connectivity index (χ1) is 18.2. The van der Waals surface area contributed by atoms with Crippen LogP contribution in [0.5, 0.6) is 5.75 Å². The molecule has 0 aliphatic carbocycles. The van der Waals surface area contributed by atoms with E-state index in [0.717, 1.165) is 31.9 Å². The van der Waals surface area contributed by atoms with Crippen molar-refractivity contribution in [1.82, 2.24) is 4.90 Å². The van der Waals surface area contributed by atoms with Crippen molar-refractivity contribution in [1.29, 1.82) is 0 Å². The first-order valence-electron chi connectivity index (χ1n) is 11.7. The lowest BCUT2D eigenvalue weighted by molar-refractivity contribution is -0.111. The molecule has 0 aromatic heterocycles. The molecule has 1 heterocycles. The summed E-state index contributed by atoms with van der Waals surface area (Å²) in [5, 5.41) is 9.22. The minimum atomic E-state index is -0.543. The highest BCUT2D eigenvalue weighted by atomic mass is 35.5. The average molecular weight is 562 g/mol. The van der Waals surface area contributed by atoms with Crippen LogP contribution in [-0.2, 0) is 4.79 Å². The van der Waals surface area contributed by atoms with Crippen molar-refractivity contribution in [2.24, 2.45) is 9.98 Å². The Labute approximate surface area is 231 Å². The predicted octanol–water partition coefficient (Wildman–Crippen LogP) is 5.02. The van der Waals surface area contributed by atoms with Gasteiger partial charge in [-0.2, -0.15) is 0 Å². The Bertz CT molecular complexity index is 1240. The van der Waals surface area contributed by atoms with Gasteiger partial charge in [-0.05, 0) is 44.1 Å². The van der Waals surface area contributed by atoms with Crippen molar-refractivity contribution in [3.8, 4) is 5.75 Å². The number of aliphatic imine (C=N–C) groups is 2. The number of amides is 1. The highest BCUT2D eigenvalue weighted by Crippen LogP contribution is 2.37. The second kappa shape index (κ2) is 13.8. The molecule has 0 radical (unpaired) electrons. The van der Waals surface area contributed by atoms with Gasteiger partial charge in [0.05, 0.1) is 29.2 Å². The number of halogens is 3. The smallest absolute Gasteiger partial charge is 0.247 e. The highest BCUT2D eigenvalue weighted by molar-refractivity contribution is 6.45. The molecule has 0 bridgehead atoms. The molecule has 0 unspecified atom stereocenters. The predicted molar refractivity (Wildman–Crippen MR) is 156 cm³/mol. The third-order valence-electron chi connectivity index (χ3n) is 5.72. The molecule has 2 aromatic carbocycles. The standard InChI is InChI=1S/C26H30Cl2FN7O2/c1-5-25(37)34-21-13-22(24(38-4)14-23(21)36-10-8-35(3)9-11-36)31-16-32-26(19(28)15-30-2)33-17-6-7-20(29)18(27)12-17/h5-7,12-15,31H,1-2,8-11,16H2,3-4H3,(H,32,33)(H,34,37)/b19-15+. The second-order valence-corrected chi connectivity index (χ2v) is 9.12. The largest absolute Gasteiger partial charge is 0.495 e. The van der Waals surface area contributed by atoms with Crippen LogP contribution in [0, 0.1) is 5.82 Å². The fraction of sp³-hybridized carbons (Fsp3) is 0.269. The molecule has 38 heavy (non-hydrogen) atoms. The zero-order valence-corrected chi connectivity index (χ0v) is 22.7. The number of methoxy groups -OCH3 is 1. The molecule has 12 heteroatoms. The Morgan fingerprint density at radius 2 is 1.92 bits per heavy atom. The third kappa shape index (κ3) is 7.70. The summed E-state index contributed by atoms with van der Waals surface area (Å²) >= 11 is 12.2. The fourth-order valence-corrected chi connectivity index (χ4v) is 4.06. The van der Waals surface area contributed by atoms with E-state index in [1.807, 2.05) is 6.07 Å². The molecule has 3 rings (SSSR count). The van der Waals surface area contributed by atoms with Crippen LogP contribution in [0.2, 0.25) is 5.02 Å². The van der Waals surface area contributed by atoms with E-state index in [0.29, 0.717) is 22.8 Å². The van der Waals surface area contributed by atoms with E-state index < -0.39 is 5.82 Å². The molecule has 1 amide bonds. The van der Waals surface area contributed by atoms with Crippen molar-refractivity contribution in [2.75, 3.05) is 67.9 Å². The zero-order chi connectivity index (χ0) is 27.7. The van der Waals surface area contributed by atoms with Crippen LogP contribution in [0.1, 0.15) is 0 Å². The first kappa shape index (κ1) is 29.0. The molecule has 1 fully saturated rings. The Balaban J connectivity index is 1.89. The van der Waals surface area contributed by atoms with Crippen molar-refractivity contribution >= 4 is 64.4 Å². The Hall–Kier alpha value is -3.60. The number of hydrogen-bond acceptors (Lipinski definition) is 7. The van der Waals surface area contributed by atoms with Crippen LogP contribution < -0.4 is 25.6 Å². The number of nitrogens with zero attached hydrogens (tertiary/aromatic N) is 4. The molecule has 0 atom stereocenters. The molecular formula is C26H30Cl2FN7O2. The van der Waals surface area contributed by atoms with Crippen molar-refractivity contribution < 1.29 is 13.9 Å². The lowest BCUT2D eigenvalue weighted by Crippen LogP contribution is -2.44. The molecule has 0 spiro atoms. The van der Waals surface area contributed by atoms with E-state index in [1.54, 1.807) is 13.2 Å². The van der Waals surface area contributed by atoms with Gasteiger partial charge in [-0.15, -0.1) is 0 Å². The van der Waals surface area contributed by atoms with Crippen molar-refractivity contribution in [3.05, 3.63) is 65.1 Å². The summed E-state index contributed by atoms with van der Waals surface area (Å²) in [6, 6.07) is 7.82. The summed E-state index contributed by atoms with van der Waals surface area (Å²) in [5.41, 5.74) is 2.53. The summed E-state index contributed by atoms with van der Waals surface area (Å²) in [6.45, 7) is 10.4. The van der Waals surface area contributed by atoms with E-state index in [4.69, 9.17) is 27.9 Å². The molecule has 0 saturated carbocycles. The molecule has 2 aromatic rings. The van der Waals surface area contributed by atoms with E-state index in [1.165, 1.54) is 30.5 Å². The summed E-state index contributed by atoms with van der Waals surface area (Å²) in [7, 11) is 3.65. The van der Waals surface area contributed by atoms with Gasteiger partial charge in [-0.3, -0.25) is 9.79 Å². The highest BCUT2D eigenvalue weighted by Gasteiger charge is 2.20. The molecule has 1 aliphatic heterocycles. The Morgan fingerprint density at radius 1 is 1.18 bits per heavy atom. The SMILES string of the molecule is C=CC(=O)Nc1cc(NC/N=C(Nc2ccc(F)c(Cl)c2)\C(Cl)=C/N=C)c(OC)cc1N1CCN(C)CC1. The number of ether oxygens (including phenoxy) is 1. The summed E-state index contributed by atoms with van der Waals surface area (Å²) in [6.07, 6.45) is 2.55. The summed E-state index contributed by atoms with van der Waals surface area (Å²) < 4.78 is 19.2. The third-order valence-corrected chi connectivity index (χ3v) is 6.29. The maximum Gasteiger partial charge on any atom is 0.247 e. The Morgan fingerprint density at radius 3 is 2.55 bits per heavy atom. The van der Waals surface area contributed by atoms with Gasteiger partial charge < -0.3 is 30.5 Å². The number of likely N-dealkylation sites (N-methyl/N-ethyl adjacent to an activating group) is 1. The number of hydrogen-bond donors (Lipinski definition) is 3. The number of carbonyl (C=O) groups excluding carboxylic acids is 1. The van der Waals surface area contributed by atoms with E-state index in [9.17, 15) is 9.18 Å². The van der Waals surface area contributed by atoms with Crippen molar-refractivity contribution in [3.63, 3.8) is 0 Å². The number of nitrogens with one attached hydrogen (secondary N) is 3. The van der Waals surface area contributed by atoms with Gasteiger partial charge in [0, 0.05) is 44.1 Å². The summed E-state index contributed by atoms with van der Waals surface area (Å²) in [4.78, 5) is 24.8. The maximum atomic E-state index is 13.6. The van der Waals surface area contributed by atoms with Crippen LogP contribution in [0.15, 0.2) is 64.2 Å². The second-order valence-electron chi connectivity index (χ2n) is 8.31. The van der Waals surface area contributed by atoms with E-state index in [2.05, 4.69) is 56.1 Å². The minimum Gasteiger partial charge on any atom is -0.495 e. The number of piperazine rings is 1. The van der Waals surface area contributed by atoms with Gasteiger partial charge in [0.25, 0.3) is 0 Å². The lowest BCUT2D eigenvalue weighted by Gasteiger charge is -2.35. The number of anilines is 4. The first-order valence-corrected chi connectivity index (χ1v) is 12.4. The zero-order valence-electron chi connectivity index (χ0n) is 21.2. The average Bonchev–Trinajstić information content (AvgIpc) is 2.90. The number of rotatable bonds is 10. The monoisotopic (exact) mass is 561 g/mol. The van der Waals surface area contributed by atoms with Gasteiger partial charge in [0.15, 0.2) is 0 Å².